The lowest BCUT2D eigenvalue weighted by Crippen LogP contribution is -2.27. The van der Waals surface area contributed by atoms with Crippen LogP contribution >= 0.6 is 11.6 Å². The summed E-state index contributed by atoms with van der Waals surface area (Å²) in [5.41, 5.74) is 1.88. The third-order valence-corrected chi connectivity index (χ3v) is 6.58. The zero-order valence-corrected chi connectivity index (χ0v) is 18.8. The Bertz CT molecular complexity index is 1260. The van der Waals surface area contributed by atoms with E-state index in [0.717, 1.165) is 11.1 Å². The predicted octanol–water partition coefficient (Wildman–Crippen LogP) is 3.82. The molecule has 0 aromatic heterocycles. The van der Waals surface area contributed by atoms with Crippen molar-refractivity contribution in [2.24, 2.45) is 0 Å². The van der Waals surface area contributed by atoms with Crippen molar-refractivity contribution in [2.75, 3.05) is 13.8 Å². The van der Waals surface area contributed by atoms with Gasteiger partial charge in [0.05, 0.1) is 4.90 Å². The average Bonchev–Trinajstić information content (AvgIpc) is 3.25. The normalized spacial score (nSPS) is 12.6. The summed E-state index contributed by atoms with van der Waals surface area (Å²) in [7, 11) is -2.17. The summed E-state index contributed by atoms with van der Waals surface area (Å²) in [6.45, 7) is 0.571. The highest BCUT2D eigenvalue weighted by atomic mass is 35.5. The SMILES string of the molecule is CN(Cc1cccc(Cl)c1)C(=O)c1cccc(S(=O)(=O)NCc2ccc3c(c2)OCO3)c1. The molecule has 0 saturated carbocycles. The van der Waals surface area contributed by atoms with E-state index in [4.69, 9.17) is 21.1 Å². The zero-order chi connectivity index (χ0) is 22.7. The van der Waals surface area contributed by atoms with Crippen molar-refractivity contribution in [2.45, 2.75) is 18.0 Å². The molecule has 0 atom stereocenters. The number of nitrogens with one attached hydrogen (secondary N) is 1. The minimum atomic E-state index is -3.83. The van der Waals surface area contributed by atoms with E-state index in [1.165, 1.54) is 17.0 Å². The number of carbonyl (C=O) groups is 1. The first-order valence-electron chi connectivity index (χ1n) is 9.80. The molecule has 166 valence electrons. The molecule has 32 heavy (non-hydrogen) atoms. The van der Waals surface area contributed by atoms with Crippen molar-refractivity contribution in [3.63, 3.8) is 0 Å². The van der Waals surface area contributed by atoms with Crippen LogP contribution in [0, 0.1) is 0 Å². The first-order chi connectivity index (χ1) is 15.3. The monoisotopic (exact) mass is 472 g/mol. The number of sulfonamides is 1. The lowest BCUT2D eigenvalue weighted by atomic mass is 10.1. The van der Waals surface area contributed by atoms with E-state index in [0.29, 0.717) is 23.1 Å². The maximum Gasteiger partial charge on any atom is 0.253 e. The molecule has 0 fully saturated rings. The zero-order valence-electron chi connectivity index (χ0n) is 17.2. The van der Waals surface area contributed by atoms with E-state index in [2.05, 4.69) is 4.72 Å². The van der Waals surface area contributed by atoms with Crippen LogP contribution in [0.2, 0.25) is 5.02 Å². The summed E-state index contributed by atoms with van der Waals surface area (Å²) in [5, 5.41) is 0.588. The molecule has 0 radical (unpaired) electrons. The number of benzene rings is 3. The van der Waals surface area contributed by atoms with Gasteiger partial charge in [0.15, 0.2) is 11.5 Å². The van der Waals surface area contributed by atoms with Gasteiger partial charge in [-0.25, -0.2) is 13.1 Å². The van der Waals surface area contributed by atoms with Crippen LogP contribution in [-0.4, -0.2) is 33.1 Å². The van der Waals surface area contributed by atoms with Gasteiger partial charge >= 0.3 is 0 Å². The third kappa shape index (κ3) is 5.04. The molecule has 0 bridgehead atoms. The topological polar surface area (TPSA) is 84.9 Å². The summed E-state index contributed by atoms with van der Waals surface area (Å²) in [5.74, 6) is 0.916. The number of fused-ring (bicyclic) bond motifs is 1. The fraction of sp³-hybridized carbons (Fsp3) is 0.174. The van der Waals surface area contributed by atoms with Gasteiger partial charge in [0.1, 0.15) is 0 Å². The molecule has 1 aliphatic heterocycles. The van der Waals surface area contributed by atoms with Crippen molar-refractivity contribution in [3.05, 3.63) is 88.4 Å². The van der Waals surface area contributed by atoms with Gasteiger partial charge in [-0.3, -0.25) is 4.79 Å². The molecular formula is C23H21ClN2O5S. The van der Waals surface area contributed by atoms with E-state index >= 15 is 0 Å². The summed E-state index contributed by atoms with van der Waals surface area (Å²) < 4.78 is 38.8. The van der Waals surface area contributed by atoms with Crippen LogP contribution in [-0.2, 0) is 23.1 Å². The first kappa shape index (κ1) is 22.1. The molecule has 3 aromatic carbocycles. The molecule has 3 aromatic rings. The van der Waals surface area contributed by atoms with Crippen molar-refractivity contribution < 1.29 is 22.7 Å². The molecule has 1 amide bonds. The molecule has 1 heterocycles. The van der Waals surface area contributed by atoms with Crippen molar-refractivity contribution in [3.8, 4) is 11.5 Å². The van der Waals surface area contributed by atoms with Crippen LogP contribution < -0.4 is 14.2 Å². The number of halogens is 1. The number of carbonyl (C=O) groups excluding carboxylic acids is 1. The summed E-state index contributed by atoms with van der Waals surface area (Å²) in [4.78, 5) is 14.4. The second-order valence-electron chi connectivity index (χ2n) is 7.33. The van der Waals surface area contributed by atoms with Crippen molar-refractivity contribution in [1.29, 1.82) is 0 Å². The number of ether oxygens (including phenoxy) is 2. The molecule has 7 nitrogen and oxygen atoms in total. The fourth-order valence-electron chi connectivity index (χ4n) is 3.31. The van der Waals surface area contributed by atoms with Gasteiger partial charge in [-0.2, -0.15) is 0 Å². The highest BCUT2D eigenvalue weighted by Gasteiger charge is 2.19. The average molecular weight is 473 g/mol. The van der Waals surface area contributed by atoms with Gasteiger partial charge in [0, 0.05) is 30.7 Å². The Morgan fingerprint density at radius 2 is 1.78 bits per heavy atom. The van der Waals surface area contributed by atoms with Gasteiger partial charge in [-0.15, -0.1) is 0 Å². The Hall–Kier alpha value is -3.07. The molecule has 0 spiro atoms. The lowest BCUT2D eigenvalue weighted by molar-refractivity contribution is 0.0785. The molecule has 0 aliphatic carbocycles. The van der Waals surface area contributed by atoms with Gasteiger partial charge in [-0.1, -0.05) is 35.9 Å². The number of hydrogen-bond acceptors (Lipinski definition) is 5. The molecule has 0 saturated heterocycles. The second kappa shape index (κ2) is 9.20. The van der Waals surface area contributed by atoms with Crippen LogP contribution in [0.5, 0.6) is 11.5 Å². The van der Waals surface area contributed by atoms with Crippen LogP contribution in [0.4, 0.5) is 0 Å². The minimum Gasteiger partial charge on any atom is -0.454 e. The van der Waals surface area contributed by atoms with Gasteiger partial charge < -0.3 is 14.4 Å². The number of rotatable bonds is 7. The van der Waals surface area contributed by atoms with Gasteiger partial charge in [0.2, 0.25) is 16.8 Å². The van der Waals surface area contributed by atoms with Gasteiger partial charge in [-0.05, 0) is 53.6 Å². The first-order valence-corrected chi connectivity index (χ1v) is 11.7. The Morgan fingerprint density at radius 3 is 2.59 bits per heavy atom. The van der Waals surface area contributed by atoms with E-state index < -0.39 is 10.0 Å². The lowest BCUT2D eigenvalue weighted by Gasteiger charge is -2.18. The fourth-order valence-corrected chi connectivity index (χ4v) is 4.59. The second-order valence-corrected chi connectivity index (χ2v) is 9.53. The van der Waals surface area contributed by atoms with E-state index in [-0.39, 0.29) is 29.7 Å². The number of amides is 1. The molecule has 9 heteroatoms. The molecule has 1 aliphatic rings. The smallest absolute Gasteiger partial charge is 0.253 e. The number of nitrogens with zero attached hydrogens (tertiary/aromatic N) is 1. The molecule has 0 unspecified atom stereocenters. The van der Waals surface area contributed by atoms with E-state index in [1.807, 2.05) is 12.1 Å². The maximum atomic E-state index is 12.9. The van der Waals surface area contributed by atoms with Crippen LogP contribution in [0.25, 0.3) is 0 Å². The minimum absolute atomic E-state index is 0.0141. The van der Waals surface area contributed by atoms with E-state index in [1.54, 1.807) is 49.5 Å². The highest BCUT2D eigenvalue weighted by molar-refractivity contribution is 7.89. The van der Waals surface area contributed by atoms with Crippen molar-refractivity contribution in [1.82, 2.24) is 9.62 Å². The van der Waals surface area contributed by atoms with E-state index in [9.17, 15) is 13.2 Å². The van der Waals surface area contributed by atoms with Gasteiger partial charge in [0.25, 0.3) is 5.91 Å². The standard InChI is InChI=1S/C23H21ClN2O5S/c1-26(14-17-4-2-6-19(24)10-17)23(27)18-5-3-7-20(12-18)32(28,29)25-13-16-8-9-21-22(11-16)31-15-30-21/h2-12,25H,13-15H2,1H3. The van der Waals surface area contributed by atoms with Crippen molar-refractivity contribution >= 4 is 27.5 Å². The third-order valence-electron chi connectivity index (χ3n) is 4.95. The Labute approximate surface area is 191 Å². The Balaban J connectivity index is 1.45. The maximum absolute atomic E-state index is 12.9. The van der Waals surface area contributed by atoms with Crippen LogP contribution in [0.15, 0.2) is 71.6 Å². The Kier molecular flexibility index (Phi) is 6.36. The Morgan fingerprint density at radius 1 is 1.00 bits per heavy atom. The molecule has 4 rings (SSSR count). The highest BCUT2D eigenvalue weighted by Crippen LogP contribution is 2.32. The predicted molar refractivity (Wildman–Crippen MR) is 120 cm³/mol. The quantitative estimate of drug-likeness (QED) is 0.565. The molecule has 1 N–H and O–H groups in total. The molecular weight excluding hydrogens is 452 g/mol. The summed E-state index contributed by atoms with van der Waals surface area (Å²) in [6.07, 6.45) is 0. The summed E-state index contributed by atoms with van der Waals surface area (Å²) in [6, 6.07) is 18.4. The number of hydrogen-bond donors (Lipinski definition) is 1. The summed E-state index contributed by atoms with van der Waals surface area (Å²) >= 11 is 6.01. The van der Waals surface area contributed by atoms with Crippen LogP contribution in [0.1, 0.15) is 21.5 Å². The van der Waals surface area contributed by atoms with Crippen LogP contribution in [0.3, 0.4) is 0 Å². The largest absolute Gasteiger partial charge is 0.454 e.